The van der Waals surface area contributed by atoms with Gasteiger partial charge in [-0.05, 0) is 32.7 Å². The first-order valence-corrected chi connectivity index (χ1v) is 4.97. The minimum atomic E-state index is -1.99. The van der Waals surface area contributed by atoms with Crippen molar-refractivity contribution in [3.63, 3.8) is 0 Å². The third kappa shape index (κ3) is 3.59. The first-order chi connectivity index (χ1) is 7.77. The van der Waals surface area contributed by atoms with Crippen molar-refractivity contribution >= 4 is 18.2 Å². The van der Waals surface area contributed by atoms with Crippen molar-refractivity contribution in [2.45, 2.75) is 31.7 Å². The van der Waals surface area contributed by atoms with Crippen LogP contribution in [0.3, 0.4) is 0 Å². The van der Waals surface area contributed by atoms with Gasteiger partial charge >= 0.3 is 18.2 Å². The fourth-order valence-corrected chi connectivity index (χ4v) is 1.43. The lowest BCUT2D eigenvalue weighted by molar-refractivity contribution is -0.148. The van der Waals surface area contributed by atoms with Crippen LogP contribution in [0.2, 0.25) is 0 Å². The molecule has 5 N–H and O–H groups in total. The molecule has 2 amide bonds. The van der Waals surface area contributed by atoms with Crippen LogP contribution < -0.4 is 5.73 Å². The number of nitrogens with zero attached hydrogens (tertiary/aromatic N) is 1. The minimum absolute atomic E-state index is 0.0914. The van der Waals surface area contributed by atoms with Gasteiger partial charge in [-0.15, -0.1) is 0 Å². The van der Waals surface area contributed by atoms with Crippen LogP contribution in [0, 0.1) is 0 Å². The lowest BCUT2D eigenvalue weighted by Crippen LogP contribution is -2.57. The normalized spacial score (nSPS) is 13.8. The number of carboxylic acids is 1. The molecule has 0 aliphatic carbocycles. The number of hydrogen-bond acceptors (Lipinski definition) is 4. The molecule has 0 aromatic heterocycles. The molecule has 1 atom stereocenters. The fraction of sp³-hybridized carbons (Fsp3) is 0.667. The predicted molar refractivity (Wildman–Crippen MR) is 56.8 cm³/mol. The van der Waals surface area contributed by atoms with Gasteiger partial charge < -0.3 is 21.1 Å². The second kappa shape index (κ2) is 6.04. The molecular weight excluding hydrogens is 232 g/mol. The lowest BCUT2D eigenvalue weighted by atomic mass is 9.93. The molecule has 0 spiro atoms. The van der Waals surface area contributed by atoms with Crippen molar-refractivity contribution in [2.75, 3.05) is 6.54 Å². The molecule has 0 rings (SSSR count). The highest BCUT2D eigenvalue weighted by Gasteiger charge is 2.46. The third-order valence-electron chi connectivity index (χ3n) is 2.45. The zero-order chi connectivity index (χ0) is 13.6. The van der Waals surface area contributed by atoms with Crippen molar-refractivity contribution in [1.29, 1.82) is 0 Å². The maximum Gasteiger partial charge on any atom is 0.417 e. The highest BCUT2D eigenvalue weighted by molar-refractivity contribution is 5.94. The van der Waals surface area contributed by atoms with E-state index in [9.17, 15) is 14.4 Å². The average Bonchev–Trinajstić information content (AvgIpc) is 2.16. The quantitative estimate of drug-likeness (QED) is 0.504. The molecule has 8 heteroatoms. The summed E-state index contributed by atoms with van der Waals surface area (Å²) < 4.78 is 0. The molecule has 0 radical (unpaired) electrons. The molecule has 0 aromatic carbocycles. The van der Waals surface area contributed by atoms with E-state index in [0.717, 1.165) is 6.92 Å². The highest BCUT2D eigenvalue weighted by atomic mass is 16.4. The minimum Gasteiger partial charge on any atom is -0.479 e. The second-order valence-corrected chi connectivity index (χ2v) is 3.73. The van der Waals surface area contributed by atoms with Crippen molar-refractivity contribution in [2.24, 2.45) is 5.73 Å². The van der Waals surface area contributed by atoms with Gasteiger partial charge in [0.15, 0.2) is 5.54 Å². The first kappa shape index (κ1) is 15.2. The SMILES string of the molecule is C[C@](CCCCN)(C(=O)O)N(C(=O)O)C(=O)O. The molecule has 0 unspecified atom stereocenters. The van der Waals surface area contributed by atoms with Gasteiger partial charge in [0.1, 0.15) is 0 Å². The number of aliphatic carboxylic acids is 1. The summed E-state index contributed by atoms with van der Waals surface area (Å²) in [4.78, 5) is 32.5. The summed E-state index contributed by atoms with van der Waals surface area (Å²) in [5, 5.41) is 26.5. The van der Waals surface area contributed by atoms with Crippen molar-refractivity contribution in [3.05, 3.63) is 0 Å². The van der Waals surface area contributed by atoms with Crippen LogP contribution >= 0.6 is 0 Å². The Bertz CT molecular complexity index is 305. The molecule has 17 heavy (non-hydrogen) atoms. The maximum absolute atomic E-state index is 11.1. The smallest absolute Gasteiger partial charge is 0.417 e. The average molecular weight is 248 g/mol. The Kier molecular flexibility index (Phi) is 5.39. The zero-order valence-corrected chi connectivity index (χ0v) is 9.42. The van der Waals surface area contributed by atoms with E-state index in [1.807, 2.05) is 0 Å². The molecule has 0 saturated heterocycles. The standard InChI is InChI=1S/C9H16N2O6/c1-9(6(12)13,4-2-3-5-10)11(7(14)15)8(16)17/h2-5,10H2,1H3,(H,12,13)(H,14,15)(H,16,17)/t9-/m0/s1. The summed E-state index contributed by atoms with van der Waals surface area (Å²) in [5.74, 6) is -1.50. The Morgan fingerprint density at radius 3 is 1.88 bits per heavy atom. The van der Waals surface area contributed by atoms with Gasteiger partial charge in [0.05, 0.1) is 0 Å². The molecule has 8 nitrogen and oxygen atoms in total. The molecule has 0 saturated carbocycles. The fourth-order valence-electron chi connectivity index (χ4n) is 1.43. The Morgan fingerprint density at radius 1 is 1.12 bits per heavy atom. The summed E-state index contributed by atoms with van der Waals surface area (Å²) >= 11 is 0. The van der Waals surface area contributed by atoms with Crippen molar-refractivity contribution in [3.8, 4) is 0 Å². The van der Waals surface area contributed by atoms with Gasteiger partial charge in [0.2, 0.25) is 0 Å². The lowest BCUT2D eigenvalue weighted by Gasteiger charge is -2.32. The van der Waals surface area contributed by atoms with E-state index in [1.165, 1.54) is 0 Å². The second-order valence-electron chi connectivity index (χ2n) is 3.73. The Labute approximate surface area is 97.6 Å². The highest BCUT2D eigenvalue weighted by Crippen LogP contribution is 2.23. The molecule has 0 fully saturated rings. The molecule has 0 aromatic rings. The summed E-state index contributed by atoms with van der Waals surface area (Å²) in [6, 6.07) is 0. The van der Waals surface area contributed by atoms with E-state index in [2.05, 4.69) is 0 Å². The van der Waals surface area contributed by atoms with Crippen LogP contribution in [0.5, 0.6) is 0 Å². The predicted octanol–water partition coefficient (Wildman–Crippen LogP) is 0.617. The summed E-state index contributed by atoms with van der Waals surface area (Å²) in [5.41, 5.74) is 3.24. The van der Waals surface area contributed by atoms with Crippen LogP contribution in [-0.4, -0.2) is 50.5 Å². The monoisotopic (exact) mass is 248 g/mol. The number of hydrogen-bond donors (Lipinski definition) is 4. The third-order valence-corrected chi connectivity index (χ3v) is 2.45. The molecule has 0 aliphatic heterocycles. The maximum atomic E-state index is 11.1. The van der Waals surface area contributed by atoms with E-state index < -0.39 is 23.7 Å². The van der Waals surface area contributed by atoms with E-state index >= 15 is 0 Å². The van der Waals surface area contributed by atoms with Gasteiger partial charge in [0, 0.05) is 0 Å². The summed E-state index contributed by atoms with van der Waals surface area (Å²) in [6.45, 7) is 1.39. The number of rotatable bonds is 6. The number of carboxylic acid groups (broad SMARTS) is 3. The molecule has 0 bridgehead atoms. The van der Waals surface area contributed by atoms with Crippen molar-refractivity contribution in [1.82, 2.24) is 4.90 Å². The van der Waals surface area contributed by atoms with E-state index in [-0.39, 0.29) is 11.3 Å². The molecule has 0 heterocycles. The number of imide groups is 1. The van der Waals surface area contributed by atoms with E-state index in [1.54, 1.807) is 0 Å². The largest absolute Gasteiger partial charge is 0.479 e. The number of unbranched alkanes of at least 4 members (excludes halogenated alkanes) is 1. The Hall–Kier alpha value is -1.83. The first-order valence-electron chi connectivity index (χ1n) is 4.97. The molecule has 0 aliphatic rings. The van der Waals surface area contributed by atoms with Crippen LogP contribution in [0.4, 0.5) is 9.59 Å². The van der Waals surface area contributed by atoms with Gasteiger partial charge in [-0.2, -0.15) is 4.90 Å². The van der Waals surface area contributed by atoms with Gasteiger partial charge in [-0.25, -0.2) is 14.4 Å². The van der Waals surface area contributed by atoms with Gasteiger partial charge in [-0.3, -0.25) is 0 Å². The van der Waals surface area contributed by atoms with E-state index in [4.69, 9.17) is 21.1 Å². The topological polar surface area (TPSA) is 141 Å². The van der Waals surface area contributed by atoms with Gasteiger partial charge in [-0.1, -0.05) is 0 Å². The summed E-state index contributed by atoms with van der Waals surface area (Å²) in [6.07, 6.45) is -2.91. The Balaban J connectivity index is 5.08. The zero-order valence-electron chi connectivity index (χ0n) is 9.42. The van der Waals surface area contributed by atoms with E-state index in [0.29, 0.717) is 19.4 Å². The van der Waals surface area contributed by atoms with Gasteiger partial charge in [0.25, 0.3) is 0 Å². The molecular formula is C9H16N2O6. The number of carbonyl (C=O) groups is 3. The van der Waals surface area contributed by atoms with Crippen molar-refractivity contribution < 1.29 is 29.7 Å². The number of nitrogens with two attached hydrogens (primary N) is 1. The van der Waals surface area contributed by atoms with Crippen LogP contribution in [0.15, 0.2) is 0 Å². The number of amides is 2. The van der Waals surface area contributed by atoms with Crippen LogP contribution in [0.25, 0.3) is 0 Å². The Morgan fingerprint density at radius 2 is 1.59 bits per heavy atom. The van der Waals surface area contributed by atoms with Crippen LogP contribution in [0.1, 0.15) is 26.2 Å². The summed E-state index contributed by atoms with van der Waals surface area (Å²) in [7, 11) is 0. The molecule has 98 valence electrons. The van der Waals surface area contributed by atoms with Crippen LogP contribution in [-0.2, 0) is 4.79 Å².